The van der Waals surface area contributed by atoms with E-state index in [1.165, 1.54) is 55.3 Å². The van der Waals surface area contributed by atoms with Crippen LogP contribution >= 0.6 is 0 Å². The molecule has 2 heteroatoms. The van der Waals surface area contributed by atoms with Gasteiger partial charge in [0.05, 0.1) is 11.0 Å². The summed E-state index contributed by atoms with van der Waals surface area (Å²) in [7, 11) is 0. The zero-order valence-electron chi connectivity index (χ0n) is 20.6. The van der Waals surface area contributed by atoms with Gasteiger partial charge in [-0.3, -0.25) is 0 Å². The van der Waals surface area contributed by atoms with Crippen molar-refractivity contribution in [2.45, 2.75) is 80.1 Å². The smallest absolute Gasteiger partial charge is 0.100 e. The summed E-state index contributed by atoms with van der Waals surface area (Å²) in [4.78, 5) is 4.70. The molecular weight excluding hydrogens is 376 g/mol. The van der Waals surface area contributed by atoms with Crippen molar-refractivity contribution in [1.82, 2.24) is 9.55 Å². The first-order valence-electron chi connectivity index (χ1n) is 12.5. The molecule has 1 fully saturated rings. The van der Waals surface area contributed by atoms with Gasteiger partial charge in [-0.15, -0.1) is 0 Å². The molecule has 2 aromatic rings. The Labute approximate surface area is 189 Å². The first-order chi connectivity index (χ1) is 14.7. The molecule has 5 atom stereocenters. The van der Waals surface area contributed by atoms with Gasteiger partial charge in [-0.2, -0.15) is 0 Å². The SMILES string of the molecule is C=C(C)[C@](C)(CCC(C)C)C1CC[C@]2(C)C(n3cnc4ccccc43)=CCC2C1CC. The zero-order chi connectivity index (χ0) is 22.4. The van der Waals surface area contributed by atoms with Crippen LogP contribution in [0.4, 0.5) is 0 Å². The number of benzene rings is 1. The lowest BCUT2D eigenvalue weighted by molar-refractivity contribution is -0.000650. The average molecular weight is 419 g/mol. The second kappa shape index (κ2) is 8.26. The van der Waals surface area contributed by atoms with E-state index >= 15 is 0 Å². The number of hydrogen-bond donors (Lipinski definition) is 0. The number of rotatable bonds is 7. The van der Waals surface area contributed by atoms with Crippen LogP contribution in [0.1, 0.15) is 80.1 Å². The summed E-state index contributed by atoms with van der Waals surface area (Å²) in [5.74, 6) is 2.95. The van der Waals surface area contributed by atoms with Crippen molar-refractivity contribution in [3.63, 3.8) is 0 Å². The molecule has 2 aliphatic carbocycles. The largest absolute Gasteiger partial charge is 0.302 e. The van der Waals surface area contributed by atoms with Crippen molar-refractivity contribution < 1.29 is 0 Å². The maximum absolute atomic E-state index is 4.70. The summed E-state index contributed by atoms with van der Waals surface area (Å²) >= 11 is 0. The van der Waals surface area contributed by atoms with E-state index in [1.807, 2.05) is 0 Å². The van der Waals surface area contributed by atoms with Gasteiger partial charge in [0.1, 0.15) is 6.33 Å². The predicted molar refractivity (Wildman–Crippen MR) is 134 cm³/mol. The van der Waals surface area contributed by atoms with E-state index in [2.05, 4.69) is 89.4 Å². The van der Waals surface area contributed by atoms with Crippen molar-refractivity contribution in [2.24, 2.45) is 34.5 Å². The third-order valence-electron chi connectivity index (χ3n) is 9.20. The summed E-state index contributed by atoms with van der Waals surface area (Å²) in [6.45, 7) is 19.0. The number of aromatic nitrogens is 2. The van der Waals surface area contributed by atoms with Gasteiger partial charge in [-0.1, -0.05) is 77.8 Å². The molecule has 0 spiro atoms. The lowest BCUT2D eigenvalue weighted by Crippen LogP contribution is -2.46. The molecule has 4 rings (SSSR count). The lowest BCUT2D eigenvalue weighted by atomic mass is 9.51. The van der Waals surface area contributed by atoms with E-state index in [0.717, 1.165) is 23.3 Å². The molecule has 0 radical (unpaired) electrons. The fourth-order valence-corrected chi connectivity index (χ4v) is 7.02. The fraction of sp³-hybridized carbons (Fsp3) is 0.621. The number of hydrogen-bond acceptors (Lipinski definition) is 1. The Hall–Kier alpha value is -1.83. The van der Waals surface area contributed by atoms with Crippen molar-refractivity contribution in [1.29, 1.82) is 0 Å². The number of imidazole rings is 1. The quantitative estimate of drug-likeness (QED) is 0.413. The van der Waals surface area contributed by atoms with E-state index in [-0.39, 0.29) is 10.8 Å². The van der Waals surface area contributed by atoms with Gasteiger partial charge < -0.3 is 4.57 Å². The normalized spacial score (nSPS) is 30.3. The van der Waals surface area contributed by atoms with Gasteiger partial charge in [-0.25, -0.2) is 4.98 Å². The summed E-state index contributed by atoms with van der Waals surface area (Å²) < 4.78 is 2.39. The summed E-state index contributed by atoms with van der Waals surface area (Å²) in [5.41, 5.74) is 5.70. The van der Waals surface area contributed by atoms with E-state index in [9.17, 15) is 0 Å². The molecule has 0 N–H and O–H groups in total. The monoisotopic (exact) mass is 418 g/mol. The highest BCUT2D eigenvalue weighted by atomic mass is 15.1. The van der Waals surface area contributed by atoms with E-state index < -0.39 is 0 Å². The van der Waals surface area contributed by atoms with Crippen molar-refractivity contribution in [2.75, 3.05) is 0 Å². The van der Waals surface area contributed by atoms with Crippen LogP contribution in [0.25, 0.3) is 16.7 Å². The topological polar surface area (TPSA) is 17.8 Å². The van der Waals surface area contributed by atoms with Crippen LogP contribution in [0.15, 0.2) is 48.8 Å². The third kappa shape index (κ3) is 3.60. The minimum absolute atomic E-state index is 0.231. The van der Waals surface area contributed by atoms with E-state index in [0.29, 0.717) is 5.92 Å². The molecule has 31 heavy (non-hydrogen) atoms. The maximum atomic E-state index is 4.70. The Bertz CT molecular complexity index is 980. The molecule has 2 nitrogen and oxygen atoms in total. The second-order valence-electron chi connectivity index (χ2n) is 11.3. The first-order valence-corrected chi connectivity index (χ1v) is 12.5. The van der Waals surface area contributed by atoms with Crippen LogP contribution in [0, 0.1) is 34.5 Å². The van der Waals surface area contributed by atoms with Gasteiger partial charge in [0.15, 0.2) is 0 Å². The molecule has 0 amide bonds. The Morgan fingerprint density at radius 2 is 2.06 bits per heavy atom. The van der Waals surface area contributed by atoms with Crippen molar-refractivity contribution in [3.05, 3.63) is 48.8 Å². The third-order valence-corrected chi connectivity index (χ3v) is 9.20. The van der Waals surface area contributed by atoms with Gasteiger partial charge in [-0.05, 0) is 73.8 Å². The van der Waals surface area contributed by atoms with Crippen LogP contribution in [-0.2, 0) is 0 Å². The van der Waals surface area contributed by atoms with Gasteiger partial charge in [0.2, 0.25) is 0 Å². The number of fused-ring (bicyclic) bond motifs is 2. The highest BCUT2D eigenvalue weighted by Crippen LogP contribution is 2.63. The van der Waals surface area contributed by atoms with E-state index in [1.54, 1.807) is 0 Å². The van der Waals surface area contributed by atoms with Crippen LogP contribution in [-0.4, -0.2) is 9.55 Å². The maximum Gasteiger partial charge on any atom is 0.100 e. The minimum atomic E-state index is 0.231. The van der Waals surface area contributed by atoms with Crippen molar-refractivity contribution >= 4 is 16.7 Å². The molecule has 3 unspecified atom stereocenters. The van der Waals surface area contributed by atoms with Crippen LogP contribution in [0.2, 0.25) is 0 Å². The Kier molecular flexibility index (Phi) is 5.96. The lowest BCUT2D eigenvalue weighted by Gasteiger charge is -2.54. The zero-order valence-corrected chi connectivity index (χ0v) is 20.6. The summed E-state index contributed by atoms with van der Waals surface area (Å²) in [6.07, 6.45) is 12.2. The first kappa shape index (κ1) is 22.4. The molecule has 1 heterocycles. The van der Waals surface area contributed by atoms with Crippen LogP contribution in [0.5, 0.6) is 0 Å². The van der Waals surface area contributed by atoms with Gasteiger partial charge in [0.25, 0.3) is 0 Å². The molecule has 0 aliphatic heterocycles. The number of nitrogens with zero attached hydrogens (tertiary/aromatic N) is 2. The molecule has 1 saturated carbocycles. The Balaban J connectivity index is 1.66. The van der Waals surface area contributed by atoms with Gasteiger partial charge >= 0.3 is 0 Å². The molecule has 1 aromatic heterocycles. The number of allylic oxidation sites excluding steroid dienone is 3. The van der Waals surface area contributed by atoms with E-state index in [4.69, 9.17) is 4.98 Å². The van der Waals surface area contributed by atoms with Gasteiger partial charge in [0, 0.05) is 11.1 Å². The molecule has 0 bridgehead atoms. The Morgan fingerprint density at radius 1 is 1.32 bits per heavy atom. The Morgan fingerprint density at radius 3 is 2.74 bits per heavy atom. The average Bonchev–Trinajstić information content (AvgIpc) is 3.31. The van der Waals surface area contributed by atoms with Crippen molar-refractivity contribution in [3.8, 4) is 0 Å². The molecule has 1 aromatic carbocycles. The fourth-order valence-electron chi connectivity index (χ4n) is 7.02. The number of para-hydroxylation sites is 2. The minimum Gasteiger partial charge on any atom is -0.302 e. The summed E-state index contributed by atoms with van der Waals surface area (Å²) in [6, 6.07) is 8.56. The summed E-state index contributed by atoms with van der Waals surface area (Å²) in [5, 5.41) is 0. The predicted octanol–water partition coefficient (Wildman–Crippen LogP) is 8.36. The standard InChI is InChI=1S/C29H42N2/c1-8-22-23-13-14-27(31-19-30-25-11-9-10-12-26(25)31)29(23,7)18-16-24(22)28(6,21(4)5)17-15-20(2)3/h9-12,14,19-20,22-24H,4,8,13,15-18H2,1-3,5-7H3/t22?,23?,24?,28-,29-/m0/s1. The highest BCUT2D eigenvalue weighted by molar-refractivity contribution is 5.80. The van der Waals surface area contributed by atoms with Crippen LogP contribution in [0.3, 0.4) is 0 Å². The molecule has 0 saturated heterocycles. The molecular formula is C29H42N2. The molecule has 2 aliphatic rings. The second-order valence-corrected chi connectivity index (χ2v) is 11.3. The molecule has 168 valence electrons. The van der Waals surface area contributed by atoms with Crippen LogP contribution < -0.4 is 0 Å². The highest BCUT2D eigenvalue weighted by Gasteiger charge is 2.54.